The van der Waals surface area contributed by atoms with Crippen LogP contribution in [-0.2, 0) is 16.1 Å². The molecule has 0 saturated heterocycles. The normalized spacial score (nSPS) is 10.2. The maximum Gasteiger partial charge on any atom is 0.247 e. The van der Waals surface area contributed by atoms with Crippen LogP contribution in [0.3, 0.4) is 0 Å². The zero-order valence-corrected chi connectivity index (χ0v) is 12.2. The van der Waals surface area contributed by atoms with E-state index in [4.69, 9.17) is 0 Å². The Bertz CT molecular complexity index is 658. The van der Waals surface area contributed by atoms with E-state index >= 15 is 0 Å². The maximum atomic E-state index is 11.9. The number of aryl methyl sites for hydroxylation is 2. The Morgan fingerprint density at radius 2 is 1.81 bits per heavy atom. The Morgan fingerprint density at radius 1 is 1.14 bits per heavy atom. The molecule has 0 bridgehead atoms. The Kier molecular flexibility index (Phi) is 4.32. The summed E-state index contributed by atoms with van der Waals surface area (Å²) in [5.41, 5.74) is 2.90. The number of amides is 2. The van der Waals surface area contributed by atoms with Gasteiger partial charge in [-0.15, -0.1) is 5.10 Å². The lowest BCUT2D eigenvalue weighted by Gasteiger charge is -2.07. The predicted molar refractivity (Wildman–Crippen MR) is 78.9 cm³/mol. The van der Waals surface area contributed by atoms with Gasteiger partial charge in [0.25, 0.3) is 0 Å². The monoisotopic (exact) mass is 287 g/mol. The second-order valence-corrected chi connectivity index (χ2v) is 4.87. The number of carbonyl (C=O) groups excluding carboxylic acids is 2. The molecule has 0 aliphatic carbocycles. The molecule has 0 spiro atoms. The summed E-state index contributed by atoms with van der Waals surface area (Å²) in [6.07, 6.45) is 1.39. The van der Waals surface area contributed by atoms with Gasteiger partial charge in [0.2, 0.25) is 11.8 Å². The second kappa shape index (κ2) is 6.17. The average molecular weight is 287 g/mol. The molecule has 1 heterocycles. The van der Waals surface area contributed by atoms with Crippen molar-refractivity contribution in [3.05, 3.63) is 35.5 Å². The van der Waals surface area contributed by atoms with Gasteiger partial charge in [0.15, 0.2) is 5.82 Å². The molecule has 21 heavy (non-hydrogen) atoms. The van der Waals surface area contributed by atoms with Gasteiger partial charge in [-0.1, -0.05) is 6.07 Å². The van der Waals surface area contributed by atoms with Crippen LogP contribution < -0.4 is 10.6 Å². The van der Waals surface area contributed by atoms with E-state index in [1.165, 1.54) is 17.9 Å². The lowest BCUT2D eigenvalue weighted by molar-refractivity contribution is -0.117. The first-order chi connectivity index (χ1) is 9.92. The predicted octanol–water partition coefficient (Wildman–Crippen LogP) is 1.49. The summed E-state index contributed by atoms with van der Waals surface area (Å²) < 4.78 is 0. The van der Waals surface area contributed by atoms with E-state index in [0.717, 1.165) is 16.8 Å². The molecule has 0 atom stereocenters. The van der Waals surface area contributed by atoms with Crippen LogP contribution in [0.2, 0.25) is 0 Å². The number of rotatable bonds is 4. The Morgan fingerprint density at radius 3 is 2.43 bits per heavy atom. The Balaban J connectivity index is 1.98. The molecular formula is C14H17N5O2. The van der Waals surface area contributed by atoms with Crippen molar-refractivity contribution in [1.29, 1.82) is 0 Å². The lowest BCUT2D eigenvalue weighted by Crippen LogP contribution is -2.20. The van der Waals surface area contributed by atoms with E-state index in [1.54, 1.807) is 0 Å². The molecule has 2 N–H and O–H groups in total. The van der Waals surface area contributed by atoms with Gasteiger partial charge in [0.1, 0.15) is 6.54 Å². The quantitative estimate of drug-likeness (QED) is 0.891. The summed E-state index contributed by atoms with van der Waals surface area (Å²) in [4.78, 5) is 24.0. The number of carbonyl (C=O) groups is 2. The molecule has 2 amide bonds. The van der Waals surface area contributed by atoms with Crippen molar-refractivity contribution in [3.8, 4) is 0 Å². The molecule has 0 fully saturated rings. The summed E-state index contributed by atoms with van der Waals surface area (Å²) >= 11 is 0. The van der Waals surface area contributed by atoms with Gasteiger partial charge in [-0.2, -0.15) is 9.90 Å². The number of hydrogen-bond acceptors (Lipinski definition) is 4. The van der Waals surface area contributed by atoms with Crippen LogP contribution in [0.5, 0.6) is 0 Å². The van der Waals surface area contributed by atoms with Crippen LogP contribution in [-0.4, -0.2) is 26.8 Å². The zero-order valence-electron chi connectivity index (χ0n) is 12.2. The van der Waals surface area contributed by atoms with Crippen molar-refractivity contribution in [2.45, 2.75) is 27.3 Å². The third-order valence-corrected chi connectivity index (χ3v) is 2.63. The van der Waals surface area contributed by atoms with Gasteiger partial charge in [-0.3, -0.25) is 9.59 Å². The SMILES string of the molecule is CC(=O)Nc1cnn(CC(=O)Nc2cc(C)cc(C)c2)n1. The minimum absolute atomic E-state index is 0.0213. The van der Waals surface area contributed by atoms with Crippen molar-refractivity contribution in [3.63, 3.8) is 0 Å². The third-order valence-electron chi connectivity index (χ3n) is 2.63. The first-order valence-corrected chi connectivity index (χ1v) is 6.48. The molecule has 0 aliphatic heterocycles. The highest BCUT2D eigenvalue weighted by atomic mass is 16.2. The van der Waals surface area contributed by atoms with E-state index in [-0.39, 0.29) is 18.4 Å². The smallest absolute Gasteiger partial charge is 0.247 e. The maximum absolute atomic E-state index is 11.9. The number of benzene rings is 1. The van der Waals surface area contributed by atoms with Crippen molar-refractivity contribution in [2.75, 3.05) is 10.6 Å². The highest BCUT2D eigenvalue weighted by molar-refractivity contribution is 5.90. The first kappa shape index (κ1) is 14.7. The molecular weight excluding hydrogens is 270 g/mol. The standard InChI is InChI=1S/C14H17N5O2/c1-9-4-10(2)6-12(5-9)17-14(21)8-19-15-7-13(18-19)16-11(3)20/h4-7H,8H2,1-3H3,(H,17,21)(H,16,18,20). The largest absolute Gasteiger partial charge is 0.324 e. The molecule has 110 valence electrons. The molecule has 7 nitrogen and oxygen atoms in total. The summed E-state index contributed by atoms with van der Waals surface area (Å²) in [5.74, 6) is -0.145. The van der Waals surface area contributed by atoms with Gasteiger partial charge in [0, 0.05) is 12.6 Å². The van der Waals surface area contributed by atoms with Gasteiger partial charge in [-0.05, 0) is 37.1 Å². The van der Waals surface area contributed by atoms with Crippen LogP contribution in [0.1, 0.15) is 18.1 Å². The van der Waals surface area contributed by atoms with E-state index in [2.05, 4.69) is 20.8 Å². The topological polar surface area (TPSA) is 88.9 Å². The summed E-state index contributed by atoms with van der Waals surface area (Å²) in [5, 5.41) is 13.2. The van der Waals surface area contributed by atoms with Gasteiger partial charge in [-0.25, -0.2) is 0 Å². The first-order valence-electron chi connectivity index (χ1n) is 6.48. The molecule has 7 heteroatoms. The fourth-order valence-electron chi connectivity index (χ4n) is 1.99. The van der Waals surface area contributed by atoms with Crippen molar-refractivity contribution in [2.24, 2.45) is 0 Å². The molecule has 2 aromatic rings. The number of aromatic nitrogens is 3. The fourth-order valence-corrected chi connectivity index (χ4v) is 1.99. The average Bonchev–Trinajstić information content (AvgIpc) is 2.73. The van der Waals surface area contributed by atoms with Gasteiger partial charge >= 0.3 is 0 Å². The van der Waals surface area contributed by atoms with E-state index in [1.807, 2.05) is 32.0 Å². The summed E-state index contributed by atoms with van der Waals surface area (Å²) in [6.45, 7) is 5.30. The van der Waals surface area contributed by atoms with Crippen molar-refractivity contribution >= 4 is 23.3 Å². The molecule has 0 aliphatic rings. The minimum atomic E-state index is -0.235. The Hall–Kier alpha value is -2.70. The molecule has 2 rings (SSSR count). The van der Waals surface area contributed by atoms with Crippen LogP contribution in [0, 0.1) is 13.8 Å². The van der Waals surface area contributed by atoms with Gasteiger partial charge < -0.3 is 10.6 Å². The molecule has 0 saturated carbocycles. The lowest BCUT2D eigenvalue weighted by atomic mass is 10.1. The summed E-state index contributed by atoms with van der Waals surface area (Å²) in [7, 11) is 0. The third kappa shape index (κ3) is 4.41. The number of hydrogen-bond donors (Lipinski definition) is 2. The fraction of sp³-hybridized carbons (Fsp3) is 0.286. The molecule has 0 unspecified atom stereocenters. The number of nitrogens with one attached hydrogen (secondary N) is 2. The van der Waals surface area contributed by atoms with Crippen LogP contribution in [0.25, 0.3) is 0 Å². The molecule has 0 radical (unpaired) electrons. The molecule has 1 aromatic carbocycles. The van der Waals surface area contributed by atoms with E-state index < -0.39 is 0 Å². The summed E-state index contributed by atoms with van der Waals surface area (Å²) in [6, 6.07) is 5.82. The van der Waals surface area contributed by atoms with Crippen molar-refractivity contribution < 1.29 is 9.59 Å². The van der Waals surface area contributed by atoms with Crippen LogP contribution >= 0.6 is 0 Å². The van der Waals surface area contributed by atoms with Crippen molar-refractivity contribution in [1.82, 2.24) is 15.0 Å². The van der Waals surface area contributed by atoms with E-state index in [0.29, 0.717) is 5.82 Å². The highest BCUT2D eigenvalue weighted by Gasteiger charge is 2.08. The number of nitrogens with zero attached hydrogens (tertiary/aromatic N) is 3. The van der Waals surface area contributed by atoms with E-state index in [9.17, 15) is 9.59 Å². The highest BCUT2D eigenvalue weighted by Crippen LogP contribution is 2.13. The zero-order chi connectivity index (χ0) is 15.4. The Labute approximate surface area is 122 Å². The number of anilines is 2. The van der Waals surface area contributed by atoms with Gasteiger partial charge in [0.05, 0.1) is 6.20 Å². The minimum Gasteiger partial charge on any atom is -0.324 e. The van der Waals surface area contributed by atoms with Crippen LogP contribution in [0.4, 0.5) is 11.5 Å². The van der Waals surface area contributed by atoms with Crippen LogP contribution in [0.15, 0.2) is 24.4 Å². The second-order valence-electron chi connectivity index (χ2n) is 4.87. The molecule has 1 aromatic heterocycles.